The molecule has 0 radical (unpaired) electrons. The van der Waals surface area contributed by atoms with E-state index in [0.29, 0.717) is 38.0 Å². The smallest absolute Gasteiger partial charge is 0.243 e. The Hall–Kier alpha value is -1.64. The van der Waals surface area contributed by atoms with Crippen molar-refractivity contribution >= 4 is 15.9 Å². The zero-order valence-corrected chi connectivity index (χ0v) is 18.5. The van der Waals surface area contributed by atoms with Crippen LogP contribution >= 0.6 is 0 Å². The van der Waals surface area contributed by atoms with Crippen LogP contribution in [0, 0.1) is 0 Å². The number of methoxy groups -OCH3 is 1. The zero-order valence-electron chi connectivity index (χ0n) is 17.7. The highest BCUT2D eigenvalue weighted by atomic mass is 32.2. The summed E-state index contributed by atoms with van der Waals surface area (Å²) in [4.78, 5) is 17.2. The topological polar surface area (TPSA) is 70.2 Å². The molecule has 1 heterocycles. The normalized spacial score (nSPS) is 20.9. The van der Waals surface area contributed by atoms with Crippen LogP contribution in [0.1, 0.15) is 39.0 Å². The molecule has 1 atom stereocenters. The lowest BCUT2D eigenvalue weighted by molar-refractivity contribution is -0.138. The van der Waals surface area contributed by atoms with E-state index in [1.54, 1.807) is 31.4 Å². The van der Waals surface area contributed by atoms with Gasteiger partial charge in [0.1, 0.15) is 5.75 Å². The summed E-state index contributed by atoms with van der Waals surface area (Å²) in [6.45, 7) is 3.83. The molecule has 0 spiro atoms. The van der Waals surface area contributed by atoms with E-state index in [9.17, 15) is 13.2 Å². The maximum absolute atomic E-state index is 12.9. The van der Waals surface area contributed by atoms with E-state index in [1.165, 1.54) is 23.6 Å². The Labute approximate surface area is 174 Å². The van der Waals surface area contributed by atoms with Gasteiger partial charge in [0.05, 0.1) is 18.0 Å². The number of benzene rings is 1. The molecule has 8 heteroatoms. The van der Waals surface area contributed by atoms with Gasteiger partial charge < -0.3 is 9.64 Å². The molecule has 0 unspecified atom stereocenters. The van der Waals surface area contributed by atoms with Crippen molar-refractivity contribution in [1.82, 2.24) is 14.1 Å². The molecule has 162 valence electrons. The first-order valence-corrected chi connectivity index (χ1v) is 11.9. The number of nitrogens with zero attached hydrogens (tertiary/aromatic N) is 3. The van der Waals surface area contributed by atoms with Crippen LogP contribution in [0.25, 0.3) is 0 Å². The summed E-state index contributed by atoms with van der Waals surface area (Å²) in [6.07, 6.45) is 5.82. The molecule has 3 rings (SSSR count). The second-order valence-corrected chi connectivity index (χ2v) is 9.97. The third-order valence-corrected chi connectivity index (χ3v) is 8.26. The highest BCUT2D eigenvalue weighted by Gasteiger charge is 2.34. The van der Waals surface area contributed by atoms with Gasteiger partial charge >= 0.3 is 0 Å². The van der Waals surface area contributed by atoms with Gasteiger partial charge in [0, 0.05) is 39.3 Å². The van der Waals surface area contributed by atoms with E-state index in [0.717, 1.165) is 12.8 Å². The maximum Gasteiger partial charge on any atom is 0.243 e. The number of amides is 1. The number of carbonyl (C=O) groups is 1. The Kier molecular flexibility index (Phi) is 7.19. The Bertz CT molecular complexity index is 783. The Morgan fingerprint density at radius 2 is 1.66 bits per heavy atom. The second kappa shape index (κ2) is 9.45. The van der Waals surface area contributed by atoms with Crippen molar-refractivity contribution in [3.05, 3.63) is 24.3 Å². The van der Waals surface area contributed by atoms with Crippen molar-refractivity contribution in [3.8, 4) is 5.75 Å². The maximum atomic E-state index is 12.9. The molecule has 2 aliphatic rings. The lowest BCUT2D eigenvalue weighted by atomic mass is 9.94. The fourth-order valence-electron chi connectivity index (χ4n) is 4.33. The molecule has 1 aromatic carbocycles. The first-order chi connectivity index (χ1) is 13.8. The van der Waals surface area contributed by atoms with Crippen molar-refractivity contribution in [3.63, 3.8) is 0 Å². The van der Waals surface area contributed by atoms with Crippen molar-refractivity contribution in [1.29, 1.82) is 0 Å². The van der Waals surface area contributed by atoms with Gasteiger partial charge in [-0.15, -0.1) is 0 Å². The van der Waals surface area contributed by atoms with E-state index in [2.05, 4.69) is 4.90 Å². The molecule has 0 N–H and O–H groups in total. The van der Waals surface area contributed by atoms with Crippen LogP contribution in [0.3, 0.4) is 0 Å². The van der Waals surface area contributed by atoms with E-state index >= 15 is 0 Å². The predicted octanol–water partition coefficient (Wildman–Crippen LogP) is 2.18. The van der Waals surface area contributed by atoms with E-state index in [4.69, 9.17) is 4.74 Å². The lowest BCUT2D eigenvalue weighted by Gasteiger charge is -2.39. The Morgan fingerprint density at radius 3 is 2.21 bits per heavy atom. The molecule has 0 aromatic heterocycles. The van der Waals surface area contributed by atoms with Gasteiger partial charge in [-0.1, -0.05) is 19.3 Å². The van der Waals surface area contributed by atoms with Crippen LogP contribution in [-0.2, 0) is 14.8 Å². The summed E-state index contributed by atoms with van der Waals surface area (Å²) in [5.41, 5.74) is 0. The van der Waals surface area contributed by atoms with Gasteiger partial charge in [-0.3, -0.25) is 9.69 Å². The predicted molar refractivity (Wildman–Crippen MR) is 112 cm³/mol. The van der Waals surface area contributed by atoms with Crippen LogP contribution < -0.4 is 4.74 Å². The van der Waals surface area contributed by atoms with Crippen LogP contribution in [0.15, 0.2) is 29.2 Å². The summed E-state index contributed by atoms with van der Waals surface area (Å²) >= 11 is 0. The third kappa shape index (κ3) is 4.92. The highest BCUT2D eigenvalue weighted by molar-refractivity contribution is 7.89. The van der Waals surface area contributed by atoms with E-state index in [1.807, 2.05) is 18.9 Å². The Balaban J connectivity index is 1.58. The number of rotatable bonds is 6. The molecule has 7 nitrogen and oxygen atoms in total. The zero-order chi connectivity index (χ0) is 21.0. The molecule has 1 aromatic rings. The summed E-state index contributed by atoms with van der Waals surface area (Å²) < 4.78 is 32.4. The van der Waals surface area contributed by atoms with Gasteiger partial charge in [0.15, 0.2) is 0 Å². The average Bonchev–Trinajstić information content (AvgIpc) is 2.78. The molecule has 1 saturated heterocycles. The number of hydrogen-bond donors (Lipinski definition) is 0. The van der Waals surface area contributed by atoms with Gasteiger partial charge in [-0.25, -0.2) is 8.42 Å². The lowest BCUT2D eigenvalue weighted by Crippen LogP contribution is -2.56. The molecule has 1 aliphatic carbocycles. The number of ether oxygens (including phenoxy) is 1. The van der Waals surface area contributed by atoms with Gasteiger partial charge in [-0.05, 0) is 44.0 Å². The van der Waals surface area contributed by atoms with Crippen LogP contribution in [0.2, 0.25) is 0 Å². The number of hydrogen-bond acceptors (Lipinski definition) is 5. The third-order valence-electron chi connectivity index (χ3n) is 6.35. The van der Waals surface area contributed by atoms with Crippen LogP contribution in [-0.4, -0.2) is 80.9 Å². The summed E-state index contributed by atoms with van der Waals surface area (Å²) in [5, 5.41) is 0. The van der Waals surface area contributed by atoms with Crippen molar-refractivity contribution < 1.29 is 17.9 Å². The Morgan fingerprint density at radius 1 is 1.07 bits per heavy atom. The number of piperazine rings is 1. The molecular formula is C21H33N3O4S. The molecular weight excluding hydrogens is 390 g/mol. The van der Waals surface area contributed by atoms with Crippen molar-refractivity contribution in [2.75, 3.05) is 40.3 Å². The SMILES string of the molecule is COc1ccc(S(=O)(=O)N2CCN([C@@H](C)C(=O)N(C)C3CCCCC3)CC2)cc1. The van der Waals surface area contributed by atoms with Crippen LogP contribution in [0.4, 0.5) is 0 Å². The minimum Gasteiger partial charge on any atom is -0.497 e. The highest BCUT2D eigenvalue weighted by Crippen LogP contribution is 2.24. The van der Waals surface area contributed by atoms with Crippen molar-refractivity contribution in [2.45, 2.75) is 56.0 Å². The molecule has 1 amide bonds. The fourth-order valence-corrected chi connectivity index (χ4v) is 5.75. The molecule has 0 bridgehead atoms. The first kappa shape index (κ1) is 22.1. The summed E-state index contributed by atoms with van der Waals surface area (Å²) in [6, 6.07) is 6.58. The van der Waals surface area contributed by atoms with Gasteiger partial charge in [-0.2, -0.15) is 4.31 Å². The minimum atomic E-state index is -3.53. The molecule has 2 fully saturated rings. The quantitative estimate of drug-likeness (QED) is 0.701. The summed E-state index contributed by atoms with van der Waals surface area (Å²) in [5.74, 6) is 0.770. The standard InChI is InChI=1S/C21H33N3O4S/c1-17(21(25)22(2)18-7-5-4-6-8-18)23-13-15-24(16-14-23)29(26,27)20-11-9-19(28-3)10-12-20/h9-12,17-18H,4-8,13-16H2,1-3H3/t17-/m0/s1. The van der Waals surface area contributed by atoms with Crippen molar-refractivity contribution in [2.24, 2.45) is 0 Å². The number of sulfonamides is 1. The first-order valence-electron chi connectivity index (χ1n) is 10.5. The second-order valence-electron chi connectivity index (χ2n) is 8.03. The van der Waals surface area contributed by atoms with Gasteiger partial charge in [0.2, 0.25) is 15.9 Å². The fraction of sp³-hybridized carbons (Fsp3) is 0.667. The minimum absolute atomic E-state index is 0.142. The van der Waals surface area contributed by atoms with Gasteiger partial charge in [0.25, 0.3) is 0 Å². The van der Waals surface area contributed by atoms with E-state index in [-0.39, 0.29) is 16.8 Å². The number of carbonyl (C=O) groups excluding carboxylic acids is 1. The van der Waals surface area contributed by atoms with Crippen LogP contribution in [0.5, 0.6) is 5.75 Å². The average molecular weight is 424 g/mol. The summed E-state index contributed by atoms with van der Waals surface area (Å²) in [7, 11) is -0.0657. The molecule has 1 saturated carbocycles. The number of likely N-dealkylation sites (N-methyl/N-ethyl adjacent to an activating group) is 1. The molecule has 1 aliphatic heterocycles. The monoisotopic (exact) mass is 423 g/mol. The van der Waals surface area contributed by atoms with E-state index < -0.39 is 10.0 Å². The largest absolute Gasteiger partial charge is 0.497 e. The molecule has 29 heavy (non-hydrogen) atoms.